The molecule has 0 spiro atoms. The highest BCUT2D eigenvalue weighted by molar-refractivity contribution is 8.00. The Morgan fingerprint density at radius 2 is 2.21 bits per heavy atom. The lowest BCUT2D eigenvalue weighted by Crippen LogP contribution is -2.54. The fourth-order valence-corrected chi connectivity index (χ4v) is 5.99. The molecule has 1 aliphatic carbocycles. The van der Waals surface area contributed by atoms with Crippen molar-refractivity contribution < 1.29 is 18.8 Å². The van der Waals surface area contributed by atoms with Crippen LogP contribution >= 0.6 is 11.9 Å². The highest BCUT2D eigenvalue weighted by Gasteiger charge is 2.38. The van der Waals surface area contributed by atoms with Crippen LogP contribution in [0.15, 0.2) is 35.0 Å². The van der Waals surface area contributed by atoms with Gasteiger partial charge in [0.25, 0.3) is 5.70 Å². The number of piperazine rings is 1. The van der Waals surface area contributed by atoms with Gasteiger partial charge in [-0.2, -0.15) is 0 Å². The SMILES string of the molecule is COCCOc1cnc(N2CCN3C(CN(C)SC4=C([N+](=O)[O-])C=CCC4)CCC3C2)c(F)c1. The Morgan fingerprint density at radius 3 is 2.97 bits per heavy atom. The van der Waals surface area contributed by atoms with Crippen molar-refractivity contribution in [2.45, 2.75) is 37.8 Å². The van der Waals surface area contributed by atoms with E-state index in [4.69, 9.17) is 9.47 Å². The normalized spacial score (nSPS) is 23.0. The first kappa shape index (κ1) is 24.9. The molecule has 0 radical (unpaired) electrons. The number of methoxy groups -OCH3 is 1. The summed E-state index contributed by atoms with van der Waals surface area (Å²) in [6.45, 7) is 3.91. The van der Waals surface area contributed by atoms with E-state index in [9.17, 15) is 14.5 Å². The van der Waals surface area contributed by atoms with E-state index in [1.54, 1.807) is 19.4 Å². The van der Waals surface area contributed by atoms with Gasteiger partial charge >= 0.3 is 0 Å². The molecule has 3 aliphatic rings. The second-order valence-electron chi connectivity index (χ2n) is 8.79. The van der Waals surface area contributed by atoms with Gasteiger partial charge in [-0.15, -0.1) is 0 Å². The maximum atomic E-state index is 14.8. The predicted octanol–water partition coefficient (Wildman–Crippen LogP) is 3.32. The Labute approximate surface area is 203 Å². The van der Waals surface area contributed by atoms with E-state index in [2.05, 4.69) is 14.2 Å². The molecule has 1 aromatic rings. The zero-order valence-corrected chi connectivity index (χ0v) is 20.5. The van der Waals surface area contributed by atoms with Crippen molar-refractivity contribution in [2.24, 2.45) is 0 Å². The average Bonchev–Trinajstić information content (AvgIpc) is 3.21. The van der Waals surface area contributed by atoms with Crippen molar-refractivity contribution in [3.63, 3.8) is 0 Å². The maximum absolute atomic E-state index is 14.8. The van der Waals surface area contributed by atoms with E-state index < -0.39 is 0 Å². The predicted molar refractivity (Wildman–Crippen MR) is 130 cm³/mol. The summed E-state index contributed by atoms with van der Waals surface area (Å²) in [5.74, 6) is 0.409. The Hall–Kier alpha value is -2.21. The lowest BCUT2D eigenvalue weighted by atomic mass is 10.1. The first-order valence-electron chi connectivity index (χ1n) is 11.7. The molecule has 11 heteroatoms. The van der Waals surface area contributed by atoms with Crippen LogP contribution in [0.5, 0.6) is 5.75 Å². The van der Waals surface area contributed by atoms with Crippen LogP contribution in [-0.4, -0.2) is 84.7 Å². The quantitative estimate of drug-likeness (QED) is 0.211. The van der Waals surface area contributed by atoms with E-state index in [1.165, 1.54) is 18.0 Å². The largest absolute Gasteiger partial charge is 0.489 e. The lowest BCUT2D eigenvalue weighted by Gasteiger charge is -2.41. The summed E-state index contributed by atoms with van der Waals surface area (Å²) in [5, 5.41) is 11.3. The number of pyridine rings is 1. The molecule has 2 atom stereocenters. The Kier molecular flexibility index (Phi) is 8.41. The minimum Gasteiger partial charge on any atom is -0.489 e. The number of likely N-dealkylation sites (N-methyl/N-ethyl adjacent to an activating group) is 1. The van der Waals surface area contributed by atoms with Crippen LogP contribution in [0.4, 0.5) is 10.2 Å². The number of fused-ring (bicyclic) bond motifs is 1. The van der Waals surface area contributed by atoms with Crippen LogP contribution < -0.4 is 9.64 Å². The molecule has 0 bridgehead atoms. The molecule has 9 nitrogen and oxygen atoms in total. The molecule has 1 aromatic heterocycles. The topological polar surface area (TPSA) is 84.2 Å². The molecule has 2 saturated heterocycles. The third-order valence-electron chi connectivity index (χ3n) is 6.51. The van der Waals surface area contributed by atoms with E-state index in [1.807, 2.05) is 18.0 Å². The summed E-state index contributed by atoms with van der Waals surface area (Å²) in [6.07, 6.45) is 8.71. The number of allylic oxidation sites excluding steroid dienone is 3. The summed E-state index contributed by atoms with van der Waals surface area (Å²) >= 11 is 1.49. The standard InChI is InChI=1S/C23H32FN5O4S/c1-26(34-22-6-4-3-5-21(22)29(30)31)15-17-7-8-18-16-27(9-10-28(17)18)23-20(24)13-19(14-25-23)33-12-11-32-2/h3,5,13-14,17-18H,4,6-12,15-16H2,1-2H3. The van der Waals surface area contributed by atoms with E-state index in [-0.39, 0.29) is 16.4 Å². The molecule has 3 heterocycles. The van der Waals surface area contributed by atoms with Crippen molar-refractivity contribution in [3.05, 3.63) is 50.9 Å². The molecule has 2 unspecified atom stereocenters. The number of nitro groups is 1. The summed E-state index contributed by atoms with van der Waals surface area (Å²) in [6, 6.07) is 2.13. The molecule has 0 N–H and O–H groups in total. The van der Waals surface area contributed by atoms with Crippen LogP contribution in [0.25, 0.3) is 0 Å². The molecular formula is C23H32FN5O4S. The maximum Gasteiger partial charge on any atom is 0.279 e. The lowest BCUT2D eigenvalue weighted by molar-refractivity contribution is -0.419. The minimum atomic E-state index is -0.370. The highest BCUT2D eigenvalue weighted by Crippen LogP contribution is 2.35. The van der Waals surface area contributed by atoms with Crippen molar-refractivity contribution in [3.8, 4) is 5.75 Å². The van der Waals surface area contributed by atoms with Crippen molar-refractivity contribution >= 4 is 17.8 Å². The Morgan fingerprint density at radius 1 is 1.35 bits per heavy atom. The average molecular weight is 494 g/mol. The van der Waals surface area contributed by atoms with Crippen molar-refractivity contribution in [1.29, 1.82) is 0 Å². The minimum absolute atomic E-state index is 0.214. The summed E-state index contributed by atoms with van der Waals surface area (Å²) in [5.41, 5.74) is 0.214. The van der Waals surface area contributed by atoms with Gasteiger partial charge < -0.3 is 14.4 Å². The van der Waals surface area contributed by atoms with Gasteiger partial charge in [0.1, 0.15) is 12.4 Å². The van der Waals surface area contributed by atoms with Gasteiger partial charge in [-0.3, -0.25) is 15.0 Å². The van der Waals surface area contributed by atoms with Crippen LogP contribution in [0.3, 0.4) is 0 Å². The zero-order valence-electron chi connectivity index (χ0n) is 19.7. The monoisotopic (exact) mass is 493 g/mol. The number of hydrogen-bond donors (Lipinski definition) is 0. The first-order valence-corrected chi connectivity index (χ1v) is 12.4. The van der Waals surface area contributed by atoms with Gasteiger partial charge in [0.05, 0.1) is 22.6 Å². The third kappa shape index (κ3) is 5.88. The van der Waals surface area contributed by atoms with Crippen LogP contribution in [-0.2, 0) is 4.74 Å². The van der Waals surface area contributed by atoms with Crippen LogP contribution in [0, 0.1) is 15.9 Å². The summed E-state index contributed by atoms with van der Waals surface area (Å²) in [4.78, 5) is 20.7. The molecular weight excluding hydrogens is 461 g/mol. The number of aromatic nitrogens is 1. The second kappa shape index (κ2) is 11.5. The number of anilines is 1. The molecule has 0 amide bonds. The van der Waals surface area contributed by atoms with Crippen LogP contribution in [0.2, 0.25) is 0 Å². The van der Waals surface area contributed by atoms with E-state index in [0.29, 0.717) is 49.8 Å². The number of halogens is 1. The van der Waals surface area contributed by atoms with Gasteiger partial charge in [0, 0.05) is 57.5 Å². The fraction of sp³-hybridized carbons (Fsp3) is 0.609. The van der Waals surface area contributed by atoms with Crippen LogP contribution in [0.1, 0.15) is 25.7 Å². The van der Waals surface area contributed by atoms with Gasteiger partial charge in [-0.25, -0.2) is 13.7 Å². The number of hydrogen-bond acceptors (Lipinski definition) is 9. The molecule has 34 heavy (non-hydrogen) atoms. The molecule has 4 rings (SSSR count). The van der Waals surface area contributed by atoms with Gasteiger partial charge in [-0.1, -0.05) is 6.08 Å². The highest BCUT2D eigenvalue weighted by atomic mass is 32.2. The summed E-state index contributed by atoms with van der Waals surface area (Å²) in [7, 11) is 3.60. The van der Waals surface area contributed by atoms with Crippen molar-refractivity contribution in [1.82, 2.24) is 14.2 Å². The van der Waals surface area contributed by atoms with E-state index in [0.717, 1.165) is 43.8 Å². The Bertz CT molecular complexity index is 946. The number of nitrogens with zero attached hydrogens (tertiary/aromatic N) is 5. The van der Waals surface area contributed by atoms with Crippen molar-refractivity contribution in [2.75, 3.05) is 58.5 Å². The molecule has 2 fully saturated rings. The second-order valence-corrected chi connectivity index (χ2v) is 10.1. The van der Waals surface area contributed by atoms with E-state index >= 15 is 0 Å². The molecule has 186 valence electrons. The van der Waals surface area contributed by atoms with Gasteiger partial charge in [-0.05, 0) is 44.7 Å². The fourth-order valence-electron chi connectivity index (χ4n) is 4.92. The molecule has 0 saturated carbocycles. The van der Waals surface area contributed by atoms with Gasteiger partial charge in [0.2, 0.25) is 0 Å². The first-order chi connectivity index (χ1) is 16.5. The smallest absolute Gasteiger partial charge is 0.279 e. The Balaban J connectivity index is 1.32. The number of ether oxygens (including phenoxy) is 2. The zero-order chi connectivity index (χ0) is 24.1. The number of rotatable bonds is 10. The molecule has 0 aromatic carbocycles. The summed E-state index contributed by atoms with van der Waals surface area (Å²) < 4.78 is 27.3. The molecule has 2 aliphatic heterocycles. The third-order valence-corrected chi connectivity index (χ3v) is 7.61. The van der Waals surface area contributed by atoms with Gasteiger partial charge in [0.15, 0.2) is 11.6 Å².